The lowest BCUT2D eigenvalue weighted by molar-refractivity contribution is 0.417. The van der Waals surface area contributed by atoms with Gasteiger partial charge in [-0.2, -0.15) is 0 Å². The lowest BCUT2D eigenvalue weighted by Gasteiger charge is -2.14. The number of nitrogens with one attached hydrogen (secondary N) is 1. The Morgan fingerprint density at radius 1 is 1.26 bits per heavy atom. The van der Waals surface area contributed by atoms with Crippen LogP contribution in [0.4, 0.5) is 21.5 Å². The normalized spacial score (nSPS) is 10.3. The molecule has 2 rings (SSSR count). The summed E-state index contributed by atoms with van der Waals surface area (Å²) < 4.78 is 19.3. The van der Waals surface area contributed by atoms with Crippen LogP contribution < -0.4 is 15.8 Å². The monoisotopic (exact) mass is 344 g/mol. The molecule has 0 atom stereocenters. The van der Waals surface area contributed by atoms with Crippen LogP contribution in [0.2, 0.25) is 5.02 Å². The Balaban J connectivity index is 2.41. The fraction of sp³-hybridized carbons (Fsp3) is 0.0769. The molecule has 0 spiro atoms. The van der Waals surface area contributed by atoms with E-state index in [0.29, 0.717) is 17.1 Å². The average molecular weight is 346 g/mol. The number of nitrogens with two attached hydrogens (primary N) is 1. The fourth-order valence-corrected chi connectivity index (χ4v) is 2.12. The van der Waals surface area contributed by atoms with Gasteiger partial charge in [-0.1, -0.05) is 27.5 Å². The van der Waals surface area contributed by atoms with Crippen molar-refractivity contribution >= 4 is 44.6 Å². The van der Waals surface area contributed by atoms with Crippen LogP contribution in [0, 0.1) is 5.82 Å². The molecule has 2 aromatic carbocycles. The van der Waals surface area contributed by atoms with Crippen molar-refractivity contribution in [2.45, 2.75) is 0 Å². The van der Waals surface area contributed by atoms with Gasteiger partial charge in [0.25, 0.3) is 0 Å². The largest absolute Gasteiger partial charge is 0.495 e. The third-order valence-corrected chi connectivity index (χ3v) is 3.31. The zero-order chi connectivity index (χ0) is 14.0. The van der Waals surface area contributed by atoms with Crippen molar-refractivity contribution in [2.75, 3.05) is 18.2 Å². The predicted octanol–water partition coefficient (Wildman–Crippen LogP) is 4.58. The molecule has 0 aliphatic rings. The summed E-state index contributed by atoms with van der Waals surface area (Å²) in [6.45, 7) is 0. The van der Waals surface area contributed by atoms with E-state index in [2.05, 4.69) is 21.2 Å². The van der Waals surface area contributed by atoms with Crippen LogP contribution >= 0.6 is 27.5 Å². The van der Waals surface area contributed by atoms with E-state index in [9.17, 15) is 4.39 Å². The van der Waals surface area contributed by atoms with Crippen molar-refractivity contribution in [2.24, 2.45) is 0 Å². The molecule has 0 bridgehead atoms. The van der Waals surface area contributed by atoms with Crippen LogP contribution in [0.3, 0.4) is 0 Å². The molecule has 0 saturated heterocycles. The number of anilines is 3. The molecular weight excluding hydrogens is 335 g/mol. The van der Waals surface area contributed by atoms with E-state index in [4.69, 9.17) is 22.1 Å². The van der Waals surface area contributed by atoms with Gasteiger partial charge in [-0.3, -0.25) is 0 Å². The van der Waals surface area contributed by atoms with Crippen LogP contribution in [0.5, 0.6) is 5.75 Å². The van der Waals surface area contributed by atoms with Gasteiger partial charge in [0.05, 0.1) is 29.2 Å². The van der Waals surface area contributed by atoms with Crippen LogP contribution in [0.15, 0.2) is 34.8 Å². The highest BCUT2D eigenvalue weighted by Crippen LogP contribution is 2.34. The molecule has 100 valence electrons. The smallest absolute Gasteiger partial charge is 0.143 e. The summed E-state index contributed by atoms with van der Waals surface area (Å²) in [5, 5.41) is 3.07. The van der Waals surface area contributed by atoms with Gasteiger partial charge in [-0.25, -0.2) is 4.39 Å². The molecule has 2 aromatic rings. The second-order valence-electron chi connectivity index (χ2n) is 3.82. The van der Waals surface area contributed by atoms with Gasteiger partial charge in [0.15, 0.2) is 0 Å². The number of benzene rings is 2. The topological polar surface area (TPSA) is 47.3 Å². The minimum absolute atomic E-state index is 0.00524. The maximum Gasteiger partial charge on any atom is 0.143 e. The van der Waals surface area contributed by atoms with E-state index < -0.39 is 5.82 Å². The quantitative estimate of drug-likeness (QED) is 0.801. The highest BCUT2D eigenvalue weighted by molar-refractivity contribution is 9.10. The van der Waals surface area contributed by atoms with Gasteiger partial charge >= 0.3 is 0 Å². The molecule has 0 radical (unpaired) electrons. The van der Waals surface area contributed by atoms with Crippen LogP contribution in [0.1, 0.15) is 0 Å². The Hall–Kier alpha value is -1.46. The second-order valence-corrected chi connectivity index (χ2v) is 5.15. The molecular formula is C13H11BrClFN2O. The van der Waals surface area contributed by atoms with E-state index in [0.717, 1.165) is 4.47 Å². The maximum atomic E-state index is 13.2. The summed E-state index contributed by atoms with van der Waals surface area (Å²) >= 11 is 9.12. The summed E-state index contributed by atoms with van der Waals surface area (Å²) in [5.74, 6) is 0.0916. The van der Waals surface area contributed by atoms with Crippen molar-refractivity contribution in [3.8, 4) is 5.75 Å². The standard InChI is InChI=1S/C13H11BrClFN2O/c1-19-13-3-2-7(14)4-12(13)18-11-5-8(15)9(16)6-10(11)17/h2-6,18H,17H2,1H3. The molecule has 0 amide bonds. The fourth-order valence-electron chi connectivity index (χ4n) is 1.59. The van der Waals surface area contributed by atoms with E-state index in [1.54, 1.807) is 13.2 Å². The molecule has 0 aromatic heterocycles. The summed E-state index contributed by atoms with van der Waals surface area (Å²) in [5.41, 5.74) is 7.24. The minimum atomic E-state index is -0.550. The Labute approximate surface area is 123 Å². The van der Waals surface area contributed by atoms with Gasteiger partial charge < -0.3 is 15.8 Å². The van der Waals surface area contributed by atoms with Crippen LogP contribution in [0.25, 0.3) is 0 Å². The first-order valence-electron chi connectivity index (χ1n) is 5.36. The third-order valence-electron chi connectivity index (χ3n) is 2.52. The number of halogens is 3. The maximum absolute atomic E-state index is 13.2. The highest BCUT2D eigenvalue weighted by atomic mass is 79.9. The zero-order valence-corrected chi connectivity index (χ0v) is 12.3. The first-order chi connectivity index (χ1) is 9.01. The first kappa shape index (κ1) is 14.0. The summed E-state index contributed by atoms with van der Waals surface area (Å²) in [6.07, 6.45) is 0. The molecule has 0 aliphatic carbocycles. The van der Waals surface area contributed by atoms with Crippen LogP contribution in [-0.2, 0) is 0 Å². The van der Waals surface area contributed by atoms with Crippen LogP contribution in [-0.4, -0.2) is 7.11 Å². The Bertz CT molecular complexity index is 622. The minimum Gasteiger partial charge on any atom is -0.495 e. The molecule has 19 heavy (non-hydrogen) atoms. The average Bonchev–Trinajstić information content (AvgIpc) is 2.36. The summed E-state index contributed by atoms with van der Waals surface area (Å²) in [6, 6.07) is 8.09. The first-order valence-corrected chi connectivity index (χ1v) is 6.53. The van der Waals surface area contributed by atoms with E-state index >= 15 is 0 Å². The van der Waals surface area contributed by atoms with Gasteiger partial charge in [0.2, 0.25) is 0 Å². The number of ether oxygens (including phenoxy) is 1. The number of methoxy groups -OCH3 is 1. The number of rotatable bonds is 3. The molecule has 0 saturated carbocycles. The lowest BCUT2D eigenvalue weighted by Crippen LogP contribution is -1.99. The van der Waals surface area contributed by atoms with Gasteiger partial charge in [-0.15, -0.1) is 0 Å². The highest BCUT2D eigenvalue weighted by Gasteiger charge is 2.09. The Morgan fingerprint density at radius 3 is 2.68 bits per heavy atom. The number of hydrogen-bond acceptors (Lipinski definition) is 3. The second kappa shape index (κ2) is 5.67. The zero-order valence-electron chi connectivity index (χ0n) is 10.0. The van der Waals surface area contributed by atoms with Crippen molar-refractivity contribution in [3.63, 3.8) is 0 Å². The molecule has 0 fully saturated rings. The molecule has 6 heteroatoms. The van der Waals surface area contributed by atoms with Gasteiger partial charge in [0, 0.05) is 10.5 Å². The molecule has 3 nitrogen and oxygen atoms in total. The van der Waals surface area contributed by atoms with Gasteiger partial charge in [0.1, 0.15) is 11.6 Å². The summed E-state index contributed by atoms with van der Waals surface area (Å²) in [4.78, 5) is 0. The lowest BCUT2D eigenvalue weighted by atomic mass is 10.2. The van der Waals surface area contributed by atoms with Crippen molar-refractivity contribution in [3.05, 3.63) is 45.6 Å². The van der Waals surface area contributed by atoms with Crippen molar-refractivity contribution in [1.82, 2.24) is 0 Å². The predicted molar refractivity (Wildman–Crippen MR) is 79.8 cm³/mol. The molecule has 0 unspecified atom stereocenters. The third kappa shape index (κ3) is 3.11. The number of hydrogen-bond donors (Lipinski definition) is 2. The van der Waals surface area contributed by atoms with E-state index in [1.165, 1.54) is 12.1 Å². The SMILES string of the molecule is COc1ccc(Br)cc1Nc1cc(Cl)c(F)cc1N. The number of nitrogen functional groups attached to an aromatic ring is 1. The van der Waals surface area contributed by atoms with Gasteiger partial charge in [-0.05, 0) is 24.3 Å². The van der Waals surface area contributed by atoms with E-state index in [-0.39, 0.29) is 10.7 Å². The van der Waals surface area contributed by atoms with E-state index in [1.807, 2.05) is 12.1 Å². The summed E-state index contributed by atoms with van der Waals surface area (Å²) in [7, 11) is 1.56. The Morgan fingerprint density at radius 2 is 2.00 bits per heavy atom. The molecule has 0 heterocycles. The molecule has 3 N–H and O–H groups in total. The van der Waals surface area contributed by atoms with Crippen molar-refractivity contribution < 1.29 is 9.13 Å². The molecule has 0 aliphatic heterocycles. The Kier molecular flexibility index (Phi) is 4.17. The van der Waals surface area contributed by atoms with Crippen molar-refractivity contribution in [1.29, 1.82) is 0 Å².